The summed E-state index contributed by atoms with van der Waals surface area (Å²) in [6, 6.07) is 0. The molecular formula is C25H40Cl2OSiTi. The van der Waals surface area contributed by atoms with E-state index in [-0.39, 0.29) is 30.2 Å². The molecule has 0 aliphatic heterocycles. The van der Waals surface area contributed by atoms with Crippen molar-refractivity contribution in [3.63, 3.8) is 0 Å². The summed E-state index contributed by atoms with van der Waals surface area (Å²) in [4.78, 5) is 0. The molecule has 0 aromatic heterocycles. The van der Waals surface area contributed by atoms with Gasteiger partial charge in [-0.15, -0.1) is 31.7 Å². The first-order chi connectivity index (χ1) is 12.5. The zero-order valence-corrected chi connectivity index (χ0v) is 25.0. The van der Waals surface area contributed by atoms with Crippen molar-refractivity contribution < 1.29 is 25.1 Å². The third kappa shape index (κ3) is 9.57. The van der Waals surface area contributed by atoms with E-state index in [0.29, 0.717) is 11.7 Å². The van der Waals surface area contributed by atoms with Gasteiger partial charge < -0.3 is 5.11 Å². The average molecular weight is 503 g/mol. The van der Waals surface area contributed by atoms with Gasteiger partial charge in [0.05, 0.1) is 10.2 Å². The number of hydrogen-bond acceptors (Lipinski definition) is 1. The van der Waals surface area contributed by atoms with E-state index in [1.807, 2.05) is 6.92 Å². The summed E-state index contributed by atoms with van der Waals surface area (Å²) in [5, 5.41) is 10.8. The van der Waals surface area contributed by atoms with Gasteiger partial charge in [0, 0.05) is 0 Å². The van der Waals surface area contributed by atoms with E-state index < -0.39 is 0 Å². The van der Waals surface area contributed by atoms with Crippen molar-refractivity contribution >= 4 is 44.1 Å². The van der Waals surface area contributed by atoms with Crippen molar-refractivity contribution in [2.45, 2.75) is 88.5 Å². The Morgan fingerprint density at radius 3 is 1.57 bits per heavy atom. The number of rotatable bonds is 0. The van der Waals surface area contributed by atoms with E-state index in [4.69, 9.17) is 0 Å². The predicted octanol–water partition coefficient (Wildman–Crippen LogP) is 6.72. The number of phenols is 1. The van der Waals surface area contributed by atoms with E-state index in [1.54, 1.807) is 0 Å². The van der Waals surface area contributed by atoms with Crippen LogP contribution in [0.3, 0.4) is 0 Å². The van der Waals surface area contributed by atoms with Crippen LogP contribution >= 0.6 is 24.8 Å². The Labute approximate surface area is 213 Å². The maximum atomic E-state index is 10.0. The Balaban J connectivity index is -0.000000417. The first-order valence-electron chi connectivity index (χ1n) is 9.88. The van der Waals surface area contributed by atoms with Crippen LogP contribution < -0.4 is 5.19 Å². The van der Waals surface area contributed by atoms with Crippen molar-refractivity contribution in [2.75, 3.05) is 0 Å². The Morgan fingerprint density at radius 1 is 0.933 bits per heavy atom. The summed E-state index contributed by atoms with van der Waals surface area (Å²) in [6.45, 7) is 25.4. The molecule has 0 saturated heterocycles. The quantitative estimate of drug-likeness (QED) is 0.308. The Morgan fingerprint density at radius 2 is 1.33 bits per heavy atom. The van der Waals surface area contributed by atoms with Crippen LogP contribution in [0.5, 0.6) is 5.75 Å². The molecule has 168 valence electrons. The van der Waals surface area contributed by atoms with Gasteiger partial charge in [0.15, 0.2) is 0 Å². The molecule has 1 atom stereocenters. The Kier molecular flexibility index (Phi) is 16.2. The van der Waals surface area contributed by atoms with Gasteiger partial charge in [-0.1, -0.05) is 47.5 Å². The molecule has 1 aromatic carbocycles. The van der Waals surface area contributed by atoms with Crippen LogP contribution in [0.15, 0.2) is 16.7 Å². The normalized spacial score (nSPS) is 15.0. The standard InChI is InChI=1S/C13H19OSi.C9H13.C3H6.2ClH.Ti/c1-7-8(2)10(13(4,5)6)12(15)11(14)9(7)3;1-6-5-7(2)9(4)8(6)3;1-3-2;;;/h14H,1-6H3;6H,1-4H3;1-2H3;2*1H;/q;-1;;;;+1. The second-order valence-corrected chi connectivity index (χ2v) is 11.1. The van der Waals surface area contributed by atoms with Crippen LogP contribution in [0.1, 0.15) is 84.6 Å². The minimum absolute atomic E-state index is 0. The van der Waals surface area contributed by atoms with Crippen molar-refractivity contribution in [1.82, 2.24) is 0 Å². The van der Waals surface area contributed by atoms with Gasteiger partial charge in [-0.2, -0.15) is 11.1 Å². The number of benzene rings is 1. The summed E-state index contributed by atoms with van der Waals surface area (Å²) in [6.07, 6.45) is 3.36. The van der Waals surface area contributed by atoms with E-state index in [1.165, 1.54) is 37.2 Å². The third-order valence-electron chi connectivity index (χ3n) is 5.33. The first-order valence-corrected chi connectivity index (χ1v) is 11.2. The molecule has 3 radical (unpaired) electrons. The van der Waals surface area contributed by atoms with Crippen LogP contribution in [-0.2, 0) is 25.4 Å². The van der Waals surface area contributed by atoms with Crippen LogP contribution in [0, 0.1) is 32.8 Å². The molecule has 0 fully saturated rings. The van der Waals surface area contributed by atoms with Gasteiger partial charge in [-0.25, -0.2) is 5.57 Å². The maximum absolute atomic E-state index is 10.0. The Bertz CT molecular complexity index is 769. The molecule has 5 heteroatoms. The molecule has 0 saturated carbocycles. The van der Waals surface area contributed by atoms with E-state index >= 15 is 0 Å². The molecule has 1 nitrogen and oxygen atoms in total. The molecule has 30 heavy (non-hydrogen) atoms. The van der Waals surface area contributed by atoms with Crippen LogP contribution in [-0.4, -0.2) is 19.2 Å². The molecule has 1 aromatic rings. The second kappa shape index (κ2) is 14.1. The zero-order valence-electron chi connectivity index (χ0n) is 20.8. The average Bonchev–Trinajstić information content (AvgIpc) is 2.76. The van der Waals surface area contributed by atoms with Crippen molar-refractivity contribution in [1.29, 1.82) is 0 Å². The summed E-state index contributed by atoms with van der Waals surface area (Å²) < 4.78 is 1.42. The molecule has 0 spiro atoms. The largest absolute Gasteiger partial charge is 0.508 e. The first kappa shape index (κ1) is 34.5. The number of hydrogen-bond donors (Lipinski definition) is 1. The van der Waals surface area contributed by atoms with Crippen LogP contribution in [0.25, 0.3) is 0 Å². The van der Waals surface area contributed by atoms with E-state index in [0.717, 1.165) is 10.8 Å². The fourth-order valence-electron chi connectivity index (χ4n) is 3.24. The summed E-state index contributed by atoms with van der Waals surface area (Å²) in [5.41, 5.74) is 8.89. The zero-order chi connectivity index (χ0) is 22.6. The number of phenolic OH excluding ortho intramolecular Hbond substituents is 1. The van der Waals surface area contributed by atoms with Crippen LogP contribution in [0.4, 0.5) is 0 Å². The van der Waals surface area contributed by atoms with Crippen molar-refractivity contribution in [3.8, 4) is 5.75 Å². The molecule has 0 heterocycles. The third-order valence-corrected chi connectivity index (χ3v) is 5.82. The summed E-state index contributed by atoms with van der Waals surface area (Å²) in [5.74, 6) is 0.935. The smallest absolute Gasteiger partial charge is 0.117 e. The minimum Gasteiger partial charge on any atom is -0.508 e. The molecule has 1 aliphatic rings. The maximum Gasteiger partial charge on any atom is 0.117 e. The molecule has 1 aliphatic carbocycles. The van der Waals surface area contributed by atoms with Gasteiger partial charge in [-0.3, -0.25) is 6.08 Å². The monoisotopic (exact) mass is 502 g/mol. The number of halogens is 2. The van der Waals surface area contributed by atoms with E-state index in [2.05, 4.69) is 112 Å². The molecular weight excluding hydrogens is 463 g/mol. The fourth-order valence-corrected chi connectivity index (χ4v) is 3.99. The number of aromatic hydroxyl groups is 1. The summed E-state index contributed by atoms with van der Waals surface area (Å²) in [7, 11) is 3.56. The number of allylic oxidation sites excluding steroid dienone is 4. The van der Waals surface area contributed by atoms with Gasteiger partial charge >= 0.3 is 37.6 Å². The molecule has 2 rings (SSSR count). The minimum atomic E-state index is 0. The molecule has 0 bridgehead atoms. The molecule has 1 N–H and O–H groups in total. The second-order valence-electron chi connectivity index (χ2n) is 9.02. The Hall–Kier alpha value is -0.119. The predicted molar refractivity (Wildman–Crippen MR) is 137 cm³/mol. The van der Waals surface area contributed by atoms with Crippen molar-refractivity contribution in [2.24, 2.45) is 5.92 Å². The molecule has 1 unspecified atom stereocenters. The SMILES string of the molecule is CC1=[C-]C(C)C(C)=C1C.C[C](C)=[Ti+].Cc1c(C)c(O)c([Si])c(C(C)(C)C)c1C.Cl.Cl. The molecule has 0 amide bonds. The summed E-state index contributed by atoms with van der Waals surface area (Å²) >= 11 is 2.08. The van der Waals surface area contributed by atoms with Gasteiger partial charge in [0.25, 0.3) is 0 Å². The fraction of sp³-hybridized carbons (Fsp3) is 0.560. The van der Waals surface area contributed by atoms with E-state index in [9.17, 15) is 5.11 Å². The van der Waals surface area contributed by atoms with Gasteiger partial charge in [-0.05, 0) is 53.6 Å². The topological polar surface area (TPSA) is 20.2 Å². The van der Waals surface area contributed by atoms with Crippen LogP contribution in [0.2, 0.25) is 0 Å². The van der Waals surface area contributed by atoms with Gasteiger partial charge in [0.1, 0.15) is 5.75 Å². The van der Waals surface area contributed by atoms with Gasteiger partial charge in [0.2, 0.25) is 0 Å². The van der Waals surface area contributed by atoms with Crippen molar-refractivity contribution in [3.05, 3.63) is 45.0 Å².